The number of piperidine rings is 1. The molecule has 0 aliphatic carbocycles. The van der Waals surface area contributed by atoms with Crippen LogP contribution in [-0.4, -0.2) is 43.2 Å². The van der Waals surface area contributed by atoms with E-state index in [2.05, 4.69) is 19.2 Å². The van der Waals surface area contributed by atoms with Gasteiger partial charge in [-0.15, -0.1) is 0 Å². The Labute approximate surface area is 160 Å². The van der Waals surface area contributed by atoms with Crippen LogP contribution in [0.25, 0.3) is 0 Å². The molecule has 1 aliphatic rings. The fraction of sp³-hybridized carbons (Fsp3) is 0.611. The van der Waals surface area contributed by atoms with E-state index < -0.39 is 14.9 Å². The number of nitrogens with one attached hydrogen (secondary N) is 1. The lowest BCUT2D eigenvalue weighted by Gasteiger charge is -2.31. The fourth-order valence-corrected chi connectivity index (χ4v) is 4.82. The third-order valence-electron chi connectivity index (χ3n) is 4.85. The van der Waals surface area contributed by atoms with Crippen molar-refractivity contribution < 1.29 is 18.1 Å². The lowest BCUT2D eigenvalue weighted by atomic mass is 9.97. The molecule has 1 saturated heterocycles. The summed E-state index contributed by atoms with van der Waals surface area (Å²) in [4.78, 5) is 22.5. The largest absolute Gasteiger partial charge is 0.356 e. The molecule has 9 heteroatoms. The molecule has 0 unspecified atom stereocenters. The van der Waals surface area contributed by atoms with Gasteiger partial charge in [-0.05, 0) is 37.7 Å². The van der Waals surface area contributed by atoms with Crippen LogP contribution in [0.15, 0.2) is 23.1 Å². The second-order valence-electron chi connectivity index (χ2n) is 7.36. The maximum atomic E-state index is 12.9. The Morgan fingerprint density at radius 1 is 1.33 bits per heavy atom. The number of amides is 1. The molecule has 1 aromatic rings. The van der Waals surface area contributed by atoms with Gasteiger partial charge in [-0.25, -0.2) is 8.42 Å². The average Bonchev–Trinajstić information content (AvgIpc) is 2.61. The highest BCUT2D eigenvalue weighted by Crippen LogP contribution is 2.28. The summed E-state index contributed by atoms with van der Waals surface area (Å²) in [5.41, 5.74) is 0.216. The number of hydrogen-bond donors (Lipinski definition) is 1. The minimum atomic E-state index is -3.83. The van der Waals surface area contributed by atoms with Gasteiger partial charge in [0.05, 0.1) is 9.82 Å². The third kappa shape index (κ3) is 5.26. The van der Waals surface area contributed by atoms with Crippen LogP contribution in [0.5, 0.6) is 0 Å². The molecule has 0 aromatic heterocycles. The Bertz CT molecular complexity index is 799. The van der Waals surface area contributed by atoms with Crippen LogP contribution >= 0.6 is 0 Å². The third-order valence-corrected chi connectivity index (χ3v) is 6.89. The van der Waals surface area contributed by atoms with Gasteiger partial charge >= 0.3 is 0 Å². The van der Waals surface area contributed by atoms with Gasteiger partial charge in [-0.2, -0.15) is 4.31 Å². The fourth-order valence-electron chi connectivity index (χ4n) is 3.11. The number of sulfonamides is 1. The number of benzene rings is 1. The maximum Gasteiger partial charge on any atom is 0.270 e. The Morgan fingerprint density at radius 3 is 2.52 bits per heavy atom. The second kappa shape index (κ2) is 8.79. The van der Waals surface area contributed by atoms with E-state index in [0.717, 1.165) is 12.5 Å². The first-order valence-electron chi connectivity index (χ1n) is 9.16. The van der Waals surface area contributed by atoms with E-state index in [1.165, 1.54) is 16.4 Å². The SMILES string of the molecule is Cc1ccc([N+](=O)[O-])cc1S(=O)(=O)N1CCC(C(=O)NCCC(C)C)CC1. The van der Waals surface area contributed by atoms with Crippen LogP contribution in [-0.2, 0) is 14.8 Å². The lowest BCUT2D eigenvalue weighted by molar-refractivity contribution is -0.385. The molecule has 2 rings (SSSR count). The monoisotopic (exact) mass is 397 g/mol. The number of carbonyl (C=O) groups is 1. The number of hydrogen-bond acceptors (Lipinski definition) is 5. The molecule has 0 saturated carbocycles. The number of rotatable bonds is 7. The maximum absolute atomic E-state index is 12.9. The minimum Gasteiger partial charge on any atom is -0.356 e. The highest BCUT2D eigenvalue weighted by atomic mass is 32.2. The number of carbonyl (C=O) groups excluding carboxylic acids is 1. The smallest absolute Gasteiger partial charge is 0.270 e. The zero-order valence-corrected chi connectivity index (χ0v) is 16.8. The molecule has 0 bridgehead atoms. The summed E-state index contributed by atoms with van der Waals surface area (Å²) in [7, 11) is -3.83. The van der Waals surface area contributed by atoms with Gasteiger partial charge in [-0.3, -0.25) is 14.9 Å². The highest BCUT2D eigenvalue weighted by Gasteiger charge is 2.33. The van der Waals surface area contributed by atoms with E-state index in [9.17, 15) is 23.3 Å². The number of nitrogens with zero attached hydrogens (tertiary/aromatic N) is 2. The van der Waals surface area contributed by atoms with E-state index in [1.54, 1.807) is 6.92 Å². The molecule has 1 fully saturated rings. The van der Waals surface area contributed by atoms with Crippen molar-refractivity contribution in [3.63, 3.8) is 0 Å². The summed E-state index contributed by atoms with van der Waals surface area (Å²) >= 11 is 0. The van der Waals surface area contributed by atoms with Gasteiger partial charge in [0.2, 0.25) is 15.9 Å². The molecule has 1 heterocycles. The summed E-state index contributed by atoms with van der Waals surface area (Å²) in [6.45, 7) is 6.88. The lowest BCUT2D eigenvalue weighted by Crippen LogP contribution is -2.43. The second-order valence-corrected chi connectivity index (χ2v) is 9.27. The van der Waals surface area contributed by atoms with Gasteiger partial charge in [0.1, 0.15) is 0 Å². The normalized spacial score (nSPS) is 16.4. The number of non-ortho nitro benzene ring substituents is 1. The van der Waals surface area contributed by atoms with Gasteiger partial charge in [0, 0.05) is 37.7 Å². The standard InChI is InChI=1S/C18H27N3O5S/c1-13(2)6-9-19-18(22)15-7-10-20(11-8-15)27(25,26)17-12-16(21(23)24)5-4-14(17)3/h4-5,12-13,15H,6-11H2,1-3H3,(H,19,22). The summed E-state index contributed by atoms with van der Waals surface area (Å²) < 4.78 is 27.1. The van der Waals surface area contributed by atoms with Crippen LogP contribution in [0.2, 0.25) is 0 Å². The number of aryl methyl sites for hydroxylation is 1. The summed E-state index contributed by atoms with van der Waals surface area (Å²) in [5.74, 6) is 0.282. The first-order valence-corrected chi connectivity index (χ1v) is 10.6. The van der Waals surface area contributed by atoms with Crippen LogP contribution in [0.3, 0.4) is 0 Å². The Morgan fingerprint density at radius 2 is 1.96 bits per heavy atom. The predicted molar refractivity (Wildman–Crippen MR) is 102 cm³/mol. The first-order chi connectivity index (χ1) is 12.6. The van der Waals surface area contributed by atoms with Crippen LogP contribution in [0.1, 0.15) is 38.7 Å². The average molecular weight is 397 g/mol. The van der Waals surface area contributed by atoms with E-state index in [-0.39, 0.29) is 35.5 Å². The molecular formula is C18H27N3O5S. The van der Waals surface area contributed by atoms with Crippen molar-refractivity contribution in [3.8, 4) is 0 Å². The molecular weight excluding hydrogens is 370 g/mol. The van der Waals surface area contributed by atoms with Crippen molar-refractivity contribution in [3.05, 3.63) is 33.9 Å². The zero-order chi connectivity index (χ0) is 20.2. The molecule has 1 aromatic carbocycles. The molecule has 0 radical (unpaired) electrons. The Hall–Kier alpha value is -2.00. The van der Waals surface area contributed by atoms with E-state index >= 15 is 0 Å². The van der Waals surface area contributed by atoms with E-state index in [4.69, 9.17) is 0 Å². The van der Waals surface area contributed by atoms with Gasteiger partial charge in [0.25, 0.3) is 5.69 Å². The van der Waals surface area contributed by atoms with Gasteiger partial charge < -0.3 is 5.32 Å². The van der Waals surface area contributed by atoms with Crippen molar-refractivity contribution in [2.75, 3.05) is 19.6 Å². The zero-order valence-electron chi connectivity index (χ0n) is 16.0. The topological polar surface area (TPSA) is 110 Å². The number of nitro groups is 1. The number of nitro benzene ring substituents is 1. The molecule has 150 valence electrons. The van der Waals surface area contributed by atoms with Gasteiger partial charge in [0.15, 0.2) is 0 Å². The Kier molecular flexibility index (Phi) is 6.94. The predicted octanol–water partition coefficient (Wildman–Crippen LogP) is 2.47. The van der Waals surface area contributed by atoms with Crippen molar-refractivity contribution in [2.24, 2.45) is 11.8 Å². The summed E-state index contributed by atoms with van der Waals surface area (Å²) in [6, 6.07) is 3.84. The van der Waals surface area contributed by atoms with Crippen LogP contribution in [0.4, 0.5) is 5.69 Å². The molecule has 27 heavy (non-hydrogen) atoms. The summed E-state index contributed by atoms with van der Waals surface area (Å²) in [6.07, 6.45) is 1.80. The molecule has 1 amide bonds. The van der Waals surface area contributed by atoms with E-state index in [0.29, 0.717) is 30.9 Å². The van der Waals surface area contributed by atoms with Crippen LogP contribution in [0, 0.1) is 28.9 Å². The molecule has 0 atom stereocenters. The van der Waals surface area contributed by atoms with Crippen molar-refractivity contribution in [1.82, 2.24) is 9.62 Å². The molecule has 8 nitrogen and oxygen atoms in total. The molecule has 0 spiro atoms. The van der Waals surface area contributed by atoms with Crippen molar-refractivity contribution in [2.45, 2.75) is 44.9 Å². The van der Waals surface area contributed by atoms with Crippen LogP contribution < -0.4 is 5.32 Å². The molecule has 1 N–H and O–H groups in total. The quantitative estimate of drug-likeness (QED) is 0.561. The van der Waals surface area contributed by atoms with Crippen molar-refractivity contribution in [1.29, 1.82) is 0 Å². The summed E-state index contributed by atoms with van der Waals surface area (Å²) in [5, 5.41) is 13.9. The van der Waals surface area contributed by atoms with Gasteiger partial charge in [-0.1, -0.05) is 19.9 Å². The van der Waals surface area contributed by atoms with E-state index in [1.807, 2.05) is 0 Å². The molecule has 1 aliphatic heterocycles. The minimum absolute atomic E-state index is 0.0285. The highest BCUT2D eigenvalue weighted by molar-refractivity contribution is 7.89. The first kappa shape index (κ1) is 21.3. The Balaban J connectivity index is 2.04. The van der Waals surface area contributed by atoms with Crippen molar-refractivity contribution >= 4 is 21.6 Å².